The number of halogens is 1. The molecule has 0 aromatic heterocycles. The van der Waals surface area contributed by atoms with Crippen LogP contribution in [-0.4, -0.2) is 15.8 Å². The van der Waals surface area contributed by atoms with Crippen molar-refractivity contribution in [2.75, 3.05) is 0 Å². The summed E-state index contributed by atoms with van der Waals surface area (Å²) in [5.74, 6) is 1.04. The van der Waals surface area contributed by atoms with Crippen LogP contribution < -0.4 is 4.74 Å². The van der Waals surface area contributed by atoms with Gasteiger partial charge in [0.2, 0.25) is 6.23 Å². The third kappa shape index (κ3) is 2.79. The zero-order valence-corrected chi connectivity index (χ0v) is 16.0. The Morgan fingerprint density at radius 2 is 1.74 bits per heavy atom. The number of hydrazone groups is 1. The minimum absolute atomic E-state index is 0.0773. The summed E-state index contributed by atoms with van der Waals surface area (Å²) in [6, 6.07) is 23.7. The van der Waals surface area contributed by atoms with Crippen LogP contribution in [-0.2, 0) is 0 Å². The molecule has 3 aromatic rings. The fourth-order valence-corrected chi connectivity index (χ4v) is 4.15. The summed E-state index contributed by atoms with van der Waals surface area (Å²) in [5, 5.41) is 17.3. The molecule has 2 atom stereocenters. The van der Waals surface area contributed by atoms with Gasteiger partial charge in [-0.25, -0.2) is 5.01 Å². The zero-order valence-electron chi connectivity index (χ0n) is 14.4. The molecule has 0 amide bonds. The first-order valence-corrected chi connectivity index (χ1v) is 9.65. The van der Waals surface area contributed by atoms with Gasteiger partial charge in [-0.1, -0.05) is 64.5 Å². The van der Waals surface area contributed by atoms with Crippen LogP contribution in [0.2, 0.25) is 0 Å². The van der Waals surface area contributed by atoms with E-state index in [0.29, 0.717) is 5.56 Å². The number of aromatic hydroxyl groups is 1. The lowest BCUT2D eigenvalue weighted by molar-refractivity contribution is -0.0203. The van der Waals surface area contributed by atoms with E-state index in [-0.39, 0.29) is 11.8 Å². The van der Waals surface area contributed by atoms with Gasteiger partial charge in [0.25, 0.3) is 0 Å². The Bertz CT molecular complexity index is 1040. The summed E-state index contributed by atoms with van der Waals surface area (Å²) in [6.07, 6.45) is 0.318. The number of fused-ring (bicyclic) bond motifs is 3. The van der Waals surface area contributed by atoms with Gasteiger partial charge >= 0.3 is 0 Å². The minimum atomic E-state index is -0.483. The van der Waals surface area contributed by atoms with Crippen molar-refractivity contribution in [3.8, 4) is 11.5 Å². The smallest absolute Gasteiger partial charge is 0.217 e. The predicted molar refractivity (Wildman–Crippen MR) is 108 cm³/mol. The third-order valence-electron chi connectivity index (χ3n) is 5.06. The van der Waals surface area contributed by atoms with E-state index in [1.54, 1.807) is 6.07 Å². The first-order chi connectivity index (χ1) is 13.2. The van der Waals surface area contributed by atoms with Crippen molar-refractivity contribution in [1.82, 2.24) is 5.01 Å². The number of ether oxygens (including phenoxy) is 1. The Morgan fingerprint density at radius 3 is 2.59 bits per heavy atom. The van der Waals surface area contributed by atoms with Crippen LogP contribution in [0.3, 0.4) is 0 Å². The number of phenols is 1. The van der Waals surface area contributed by atoms with Crippen LogP contribution in [0.1, 0.15) is 35.4 Å². The number of rotatable bonds is 2. The molecule has 0 bridgehead atoms. The first kappa shape index (κ1) is 16.4. The van der Waals surface area contributed by atoms with Crippen LogP contribution in [0, 0.1) is 0 Å². The fraction of sp³-hybridized carbons (Fsp3) is 0.136. The van der Waals surface area contributed by atoms with Gasteiger partial charge in [-0.2, -0.15) is 5.10 Å². The predicted octanol–water partition coefficient (Wildman–Crippen LogP) is 5.40. The normalized spacial score (nSPS) is 20.5. The maximum atomic E-state index is 10.5. The van der Waals surface area contributed by atoms with Gasteiger partial charge in [0.15, 0.2) is 0 Å². The molecule has 0 spiro atoms. The second-order valence-corrected chi connectivity index (χ2v) is 7.64. The van der Waals surface area contributed by atoms with Crippen LogP contribution in [0.15, 0.2) is 82.4 Å². The third-order valence-corrected chi connectivity index (χ3v) is 5.55. The van der Waals surface area contributed by atoms with Crippen LogP contribution in [0.4, 0.5) is 0 Å². The van der Waals surface area contributed by atoms with E-state index >= 15 is 0 Å². The van der Waals surface area contributed by atoms with Crippen LogP contribution >= 0.6 is 15.9 Å². The number of para-hydroxylation sites is 1. The molecule has 2 heterocycles. The lowest BCUT2D eigenvalue weighted by Crippen LogP contribution is -2.33. The molecule has 27 heavy (non-hydrogen) atoms. The summed E-state index contributed by atoms with van der Waals surface area (Å²) < 4.78 is 7.18. The van der Waals surface area contributed by atoms with Gasteiger partial charge in [0.1, 0.15) is 11.5 Å². The van der Waals surface area contributed by atoms with Crippen molar-refractivity contribution in [2.24, 2.45) is 5.10 Å². The molecule has 3 aromatic carbocycles. The fourth-order valence-electron chi connectivity index (χ4n) is 3.77. The largest absolute Gasteiger partial charge is 0.507 e. The number of hydrogen-bond donors (Lipinski definition) is 1. The Hall–Kier alpha value is -2.79. The van der Waals surface area contributed by atoms with E-state index in [1.807, 2.05) is 53.5 Å². The van der Waals surface area contributed by atoms with E-state index in [1.165, 1.54) is 0 Å². The van der Waals surface area contributed by atoms with E-state index in [4.69, 9.17) is 9.84 Å². The number of benzene rings is 3. The van der Waals surface area contributed by atoms with Crippen LogP contribution in [0.25, 0.3) is 0 Å². The Kier molecular flexibility index (Phi) is 3.90. The quantitative estimate of drug-likeness (QED) is 0.603. The first-order valence-electron chi connectivity index (χ1n) is 8.86. The number of hydrogen-bond acceptors (Lipinski definition) is 4. The molecule has 0 fully saturated rings. The summed E-state index contributed by atoms with van der Waals surface area (Å²) in [4.78, 5) is 0. The molecule has 0 saturated carbocycles. The van der Waals surface area contributed by atoms with Gasteiger partial charge in [0.05, 0.1) is 17.3 Å². The van der Waals surface area contributed by atoms with Gasteiger partial charge in [0, 0.05) is 16.5 Å². The van der Waals surface area contributed by atoms with Gasteiger partial charge in [-0.15, -0.1) is 0 Å². The Labute approximate surface area is 165 Å². The minimum Gasteiger partial charge on any atom is -0.507 e. The maximum absolute atomic E-state index is 10.5. The molecule has 0 radical (unpaired) electrons. The molecule has 0 unspecified atom stereocenters. The molecule has 2 aliphatic rings. The standard InChI is InChI=1S/C22H17BrN2O2/c23-15-10-11-20(26)17(12-15)22-25-19(16-8-4-5-9-21(16)27-22)13-18(24-25)14-6-2-1-3-7-14/h1-12,19,22,26H,13H2/t19-,22-/m0/s1. The highest BCUT2D eigenvalue weighted by atomic mass is 79.9. The monoisotopic (exact) mass is 420 g/mol. The maximum Gasteiger partial charge on any atom is 0.217 e. The van der Waals surface area contributed by atoms with Gasteiger partial charge < -0.3 is 9.84 Å². The van der Waals surface area contributed by atoms with Gasteiger partial charge in [-0.05, 0) is 29.8 Å². The molecule has 134 valence electrons. The lowest BCUT2D eigenvalue weighted by Gasteiger charge is -2.38. The molecule has 5 rings (SSSR count). The van der Waals surface area contributed by atoms with Crippen molar-refractivity contribution < 1.29 is 9.84 Å². The van der Waals surface area contributed by atoms with E-state index < -0.39 is 6.23 Å². The highest BCUT2D eigenvalue weighted by Crippen LogP contribution is 2.48. The van der Waals surface area contributed by atoms with Crippen molar-refractivity contribution >= 4 is 21.6 Å². The number of phenolic OH excluding ortho intramolecular Hbond substituents is 1. The summed E-state index contributed by atoms with van der Waals surface area (Å²) >= 11 is 3.49. The van der Waals surface area contributed by atoms with Crippen molar-refractivity contribution in [3.05, 3.63) is 94.0 Å². The zero-order chi connectivity index (χ0) is 18.4. The average Bonchev–Trinajstić information content (AvgIpc) is 3.16. The topological polar surface area (TPSA) is 45.1 Å². The molecular weight excluding hydrogens is 404 g/mol. The molecule has 5 heteroatoms. The molecule has 1 N–H and O–H groups in total. The van der Waals surface area contributed by atoms with Crippen molar-refractivity contribution in [2.45, 2.75) is 18.7 Å². The van der Waals surface area contributed by atoms with E-state index in [0.717, 1.165) is 33.5 Å². The summed E-state index contributed by atoms with van der Waals surface area (Å²) in [5.41, 5.74) is 3.96. The van der Waals surface area contributed by atoms with Gasteiger partial charge in [-0.3, -0.25) is 0 Å². The molecule has 0 aliphatic carbocycles. The van der Waals surface area contributed by atoms with E-state index in [9.17, 15) is 5.11 Å². The summed E-state index contributed by atoms with van der Waals surface area (Å²) in [6.45, 7) is 0. The molecule has 4 nitrogen and oxygen atoms in total. The highest BCUT2D eigenvalue weighted by molar-refractivity contribution is 9.10. The number of nitrogens with zero attached hydrogens (tertiary/aromatic N) is 2. The average molecular weight is 421 g/mol. The Balaban J connectivity index is 1.63. The van der Waals surface area contributed by atoms with Crippen molar-refractivity contribution in [1.29, 1.82) is 0 Å². The SMILES string of the molecule is Oc1ccc(Br)cc1[C@@H]1Oc2ccccc2[C@@H]2CC(c3ccccc3)=NN21. The molecule has 0 saturated heterocycles. The lowest BCUT2D eigenvalue weighted by atomic mass is 9.96. The summed E-state index contributed by atoms with van der Waals surface area (Å²) in [7, 11) is 0. The second-order valence-electron chi connectivity index (χ2n) is 6.72. The Morgan fingerprint density at radius 1 is 0.963 bits per heavy atom. The van der Waals surface area contributed by atoms with Crippen LogP contribution in [0.5, 0.6) is 11.5 Å². The van der Waals surface area contributed by atoms with Crippen molar-refractivity contribution in [3.63, 3.8) is 0 Å². The van der Waals surface area contributed by atoms with E-state index in [2.05, 4.69) is 34.1 Å². The second kappa shape index (κ2) is 6.43. The molecule has 2 aliphatic heterocycles. The molecular formula is C22H17BrN2O2. The highest BCUT2D eigenvalue weighted by Gasteiger charge is 2.41.